The van der Waals surface area contributed by atoms with Crippen molar-refractivity contribution in [3.8, 4) is 11.5 Å². The molecule has 0 unspecified atom stereocenters. The number of hydrogen-bond donors (Lipinski definition) is 0. The monoisotopic (exact) mass is 444 g/mol. The van der Waals surface area contributed by atoms with Crippen LogP contribution in [0.2, 0.25) is 0 Å². The fourth-order valence-electron chi connectivity index (χ4n) is 2.90. The molecule has 1 aromatic carbocycles. The van der Waals surface area contributed by atoms with Crippen LogP contribution in [0.4, 0.5) is 0 Å². The highest BCUT2D eigenvalue weighted by Gasteiger charge is 2.32. The predicted octanol–water partition coefficient (Wildman–Crippen LogP) is 4.98. The van der Waals surface area contributed by atoms with Crippen LogP contribution in [0.15, 0.2) is 18.7 Å². The lowest BCUT2D eigenvalue weighted by atomic mass is 10.1. The van der Waals surface area contributed by atoms with E-state index < -0.39 is 0 Å². The molecule has 0 heterocycles. The van der Waals surface area contributed by atoms with Gasteiger partial charge in [0.2, 0.25) is 0 Å². The number of carbonyl (C=O) groups is 1. The Balaban J connectivity index is 1.93. The summed E-state index contributed by atoms with van der Waals surface area (Å²) in [6.07, 6.45) is 6.18. The van der Waals surface area contributed by atoms with Gasteiger partial charge in [0, 0.05) is 0 Å². The Labute approximate surface area is 157 Å². The second kappa shape index (κ2) is 8.74. The van der Waals surface area contributed by atoms with Gasteiger partial charge in [-0.25, -0.2) is 0 Å². The van der Waals surface area contributed by atoms with E-state index in [9.17, 15) is 4.79 Å². The molecule has 5 heteroatoms. The number of ether oxygens (including phenoxy) is 3. The Hall–Kier alpha value is -1.24. The van der Waals surface area contributed by atoms with Crippen molar-refractivity contribution >= 4 is 34.6 Å². The summed E-state index contributed by atoms with van der Waals surface area (Å²) in [5.74, 6) is 1.15. The Kier molecular flexibility index (Phi) is 6.95. The summed E-state index contributed by atoms with van der Waals surface area (Å²) in [5, 5.41) is 0. The van der Waals surface area contributed by atoms with Gasteiger partial charge in [0.15, 0.2) is 11.5 Å². The average molecular weight is 444 g/mol. The first-order valence-corrected chi connectivity index (χ1v) is 9.49. The number of carbonyl (C=O) groups excluding carboxylic acids is 1. The minimum absolute atomic E-state index is 0.199. The van der Waals surface area contributed by atoms with Crippen LogP contribution >= 0.6 is 22.6 Å². The summed E-state index contributed by atoms with van der Waals surface area (Å²) < 4.78 is 18.0. The molecule has 1 aliphatic rings. The maximum atomic E-state index is 12.0. The minimum Gasteiger partial charge on any atom is -0.490 e. The second-order valence-corrected chi connectivity index (χ2v) is 7.36. The smallest absolute Gasteiger partial charge is 0.309 e. The largest absolute Gasteiger partial charge is 0.490 e. The van der Waals surface area contributed by atoms with E-state index >= 15 is 0 Å². The van der Waals surface area contributed by atoms with E-state index in [0.29, 0.717) is 18.1 Å². The van der Waals surface area contributed by atoms with Crippen LogP contribution in [0.1, 0.15) is 51.5 Å². The minimum atomic E-state index is -0.284. The summed E-state index contributed by atoms with van der Waals surface area (Å²) in [6.45, 7) is 8.55. The fourth-order valence-corrected chi connectivity index (χ4v) is 3.68. The van der Waals surface area contributed by atoms with Crippen molar-refractivity contribution in [2.24, 2.45) is 0 Å². The average Bonchev–Trinajstić information content (AvgIpc) is 2.95. The van der Waals surface area contributed by atoms with Crippen molar-refractivity contribution in [1.82, 2.24) is 0 Å². The van der Waals surface area contributed by atoms with Crippen molar-refractivity contribution in [2.45, 2.75) is 51.6 Å². The summed E-state index contributed by atoms with van der Waals surface area (Å²) in [5.41, 5.74) is 0.692. The molecule has 0 bridgehead atoms. The number of rotatable bonds is 8. The first kappa shape index (κ1) is 19.1. The molecule has 0 spiro atoms. The molecule has 0 aromatic heterocycles. The fraction of sp³-hybridized carbons (Fsp3) is 0.526. The van der Waals surface area contributed by atoms with Crippen molar-refractivity contribution in [1.29, 1.82) is 0 Å². The third kappa shape index (κ3) is 5.13. The van der Waals surface area contributed by atoms with Gasteiger partial charge in [-0.15, -0.1) is 0 Å². The summed E-state index contributed by atoms with van der Waals surface area (Å²) in [4.78, 5) is 12.0. The third-order valence-corrected chi connectivity index (χ3v) is 4.94. The van der Waals surface area contributed by atoms with Gasteiger partial charge in [-0.05, 0) is 79.8 Å². The van der Waals surface area contributed by atoms with Crippen LogP contribution in [0.5, 0.6) is 11.5 Å². The van der Waals surface area contributed by atoms with Gasteiger partial charge < -0.3 is 14.2 Å². The topological polar surface area (TPSA) is 44.8 Å². The Morgan fingerprint density at radius 2 is 2.04 bits per heavy atom. The number of hydrogen-bond acceptors (Lipinski definition) is 4. The Bertz CT molecular complexity index is 591. The molecule has 0 saturated heterocycles. The highest BCUT2D eigenvalue weighted by atomic mass is 127. The Morgan fingerprint density at radius 3 is 2.67 bits per heavy atom. The lowest BCUT2D eigenvalue weighted by molar-refractivity contribution is -0.158. The number of benzene rings is 1. The third-order valence-electron chi connectivity index (χ3n) is 4.14. The molecule has 0 atom stereocenters. The van der Waals surface area contributed by atoms with E-state index in [0.717, 1.165) is 34.8 Å². The first-order chi connectivity index (χ1) is 11.5. The molecule has 0 aliphatic heterocycles. The normalized spacial score (nSPS) is 15.8. The molecule has 1 aromatic rings. The lowest BCUT2D eigenvalue weighted by Gasteiger charge is -2.24. The van der Waals surface area contributed by atoms with Gasteiger partial charge >= 0.3 is 5.97 Å². The van der Waals surface area contributed by atoms with E-state index in [1.54, 1.807) is 6.08 Å². The molecule has 1 aliphatic carbocycles. The molecule has 0 N–H and O–H groups in total. The van der Waals surface area contributed by atoms with Gasteiger partial charge in [-0.3, -0.25) is 4.79 Å². The molecule has 0 radical (unpaired) electrons. The quantitative estimate of drug-likeness (QED) is 0.419. The lowest BCUT2D eigenvalue weighted by Crippen LogP contribution is -2.28. The van der Waals surface area contributed by atoms with Crippen LogP contribution < -0.4 is 9.47 Å². The second-order valence-electron chi connectivity index (χ2n) is 6.20. The van der Waals surface area contributed by atoms with Crippen LogP contribution in [0, 0.1) is 3.57 Å². The van der Waals surface area contributed by atoms with Crippen LogP contribution in [0.3, 0.4) is 0 Å². The predicted molar refractivity (Wildman–Crippen MR) is 103 cm³/mol. The van der Waals surface area contributed by atoms with E-state index in [1.807, 2.05) is 26.0 Å². The highest BCUT2D eigenvalue weighted by Crippen LogP contribution is 2.35. The van der Waals surface area contributed by atoms with E-state index in [1.165, 1.54) is 0 Å². The highest BCUT2D eigenvalue weighted by molar-refractivity contribution is 14.1. The molecule has 24 heavy (non-hydrogen) atoms. The zero-order valence-corrected chi connectivity index (χ0v) is 16.6. The van der Waals surface area contributed by atoms with Crippen molar-refractivity contribution < 1.29 is 19.0 Å². The summed E-state index contributed by atoms with van der Waals surface area (Å²) in [6, 6.07) is 3.87. The van der Waals surface area contributed by atoms with Crippen molar-refractivity contribution in [3.05, 3.63) is 27.8 Å². The summed E-state index contributed by atoms with van der Waals surface area (Å²) in [7, 11) is 0. The van der Waals surface area contributed by atoms with Gasteiger partial charge in [-0.2, -0.15) is 0 Å². The van der Waals surface area contributed by atoms with Crippen molar-refractivity contribution in [3.63, 3.8) is 0 Å². The molecular formula is C19H25IO4. The molecule has 0 amide bonds. The first-order valence-electron chi connectivity index (χ1n) is 8.41. The van der Waals surface area contributed by atoms with Crippen LogP contribution in [-0.2, 0) is 9.53 Å². The maximum absolute atomic E-state index is 12.0. The van der Waals surface area contributed by atoms with E-state index in [2.05, 4.69) is 29.2 Å². The molecule has 132 valence electrons. The zero-order chi connectivity index (χ0) is 17.6. The standard InChI is InChI=1S/C19H25IO4/c1-4-14-12-15(20)18(16(13-14)22-5-2)23-11-8-17(21)24-19(3)9-6-7-10-19/h4,12-13H,1,5-11H2,2-3H3. The molecule has 2 rings (SSSR count). The van der Waals surface area contributed by atoms with Gasteiger partial charge in [-0.1, -0.05) is 12.7 Å². The summed E-state index contributed by atoms with van der Waals surface area (Å²) >= 11 is 2.21. The zero-order valence-electron chi connectivity index (χ0n) is 14.4. The van der Waals surface area contributed by atoms with Gasteiger partial charge in [0.25, 0.3) is 0 Å². The van der Waals surface area contributed by atoms with E-state index in [-0.39, 0.29) is 24.6 Å². The van der Waals surface area contributed by atoms with Gasteiger partial charge in [0.05, 0.1) is 23.2 Å². The molecule has 4 nitrogen and oxygen atoms in total. The van der Waals surface area contributed by atoms with Crippen LogP contribution in [-0.4, -0.2) is 24.8 Å². The maximum Gasteiger partial charge on any atom is 0.309 e. The van der Waals surface area contributed by atoms with Crippen molar-refractivity contribution in [2.75, 3.05) is 13.2 Å². The molecular weight excluding hydrogens is 419 g/mol. The molecule has 1 saturated carbocycles. The SMILES string of the molecule is C=Cc1cc(I)c(OCCC(=O)OC2(C)CCCC2)c(OCC)c1. The van der Waals surface area contributed by atoms with Gasteiger partial charge in [0.1, 0.15) is 5.60 Å². The van der Waals surface area contributed by atoms with E-state index in [4.69, 9.17) is 14.2 Å². The van der Waals surface area contributed by atoms with Crippen LogP contribution in [0.25, 0.3) is 6.08 Å². The molecule has 1 fully saturated rings. The number of esters is 1. The Morgan fingerprint density at radius 1 is 1.33 bits per heavy atom. The number of halogens is 1.